The van der Waals surface area contributed by atoms with Crippen molar-refractivity contribution in [1.29, 1.82) is 0 Å². The van der Waals surface area contributed by atoms with Crippen LogP contribution in [0.5, 0.6) is 0 Å². The lowest BCUT2D eigenvalue weighted by atomic mass is 9.87. The minimum absolute atomic E-state index is 0.111. The minimum Gasteiger partial charge on any atom is -0.361 e. The van der Waals surface area contributed by atoms with Crippen LogP contribution in [0.4, 0.5) is 0 Å². The van der Waals surface area contributed by atoms with E-state index < -0.39 is 0 Å². The van der Waals surface area contributed by atoms with E-state index in [1.54, 1.807) is 0 Å². The lowest BCUT2D eigenvalue weighted by molar-refractivity contribution is 0.307. The van der Waals surface area contributed by atoms with Gasteiger partial charge < -0.3 is 4.52 Å². The summed E-state index contributed by atoms with van der Waals surface area (Å²) in [6.07, 6.45) is 1.07. The zero-order valence-electron chi connectivity index (χ0n) is 9.22. The molecule has 0 N–H and O–H groups in total. The van der Waals surface area contributed by atoms with Gasteiger partial charge in [-0.2, -0.15) is 0 Å². The molecule has 0 unspecified atom stereocenters. The molecule has 0 aromatic carbocycles. The zero-order chi connectivity index (χ0) is 10.1. The quantitative estimate of drug-likeness (QED) is 0.713. The fourth-order valence-electron chi connectivity index (χ4n) is 1.05. The second-order valence-corrected chi connectivity index (χ2v) is 4.51. The van der Waals surface area contributed by atoms with Crippen molar-refractivity contribution >= 4 is 0 Å². The summed E-state index contributed by atoms with van der Waals surface area (Å²) in [6, 6.07) is 2.08. The van der Waals surface area contributed by atoms with Crippen molar-refractivity contribution in [3.8, 4) is 0 Å². The molecule has 0 aliphatic carbocycles. The van der Waals surface area contributed by atoms with Crippen molar-refractivity contribution in [3.05, 3.63) is 17.5 Å². The molecule has 1 aromatic heterocycles. The Morgan fingerprint density at radius 2 is 2.08 bits per heavy atom. The Labute approximate surface area is 80.3 Å². The maximum absolute atomic E-state index is 5.33. The van der Waals surface area contributed by atoms with Gasteiger partial charge in [-0.15, -0.1) is 0 Å². The third-order valence-electron chi connectivity index (χ3n) is 2.67. The van der Waals surface area contributed by atoms with Gasteiger partial charge in [0.25, 0.3) is 0 Å². The Balaban J connectivity index is 2.91. The molecule has 1 rings (SSSR count). The fourth-order valence-corrected chi connectivity index (χ4v) is 1.05. The van der Waals surface area contributed by atoms with Gasteiger partial charge in [0, 0.05) is 11.5 Å². The average molecular weight is 181 g/mol. The molecule has 74 valence electrons. The molecular weight excluding hydrogens is 162 g/mol. The van der Waals surface area contributed by atoms with Crippen molar-refractivity contribution in [2.75, 3.05) is 0 Å². The van der Waals surface area contributed by atoms with E-state index in [-0.39, 0.29) is 5.41 Å². The van der Waals surface area contributed by atoms with Gasteiger partial charge >= 0.3 is 0 Å². The SMILES string of the molecule is CCC(C)(C)c1cc(C(C)C)no1. The van der Waals surface area contributed by atoms with Crippen LogP contribution in [0.15, 0.2) is 10.6 Å². The topological polar surface area (TPSA) is 26.0 Å². The standard InChI is InChI=1S/C11H19NO/c1-6-11(4,5)10-7-9(8(2)3)12-13-10/h7-8H,6H2,1-5H3. The molecule has 1 aromatic rings. The Morgan fingerprint density at radius 3 is 2.46 bits per heavy atom. The summed E-state index contributed by atoms with van der Waals surface area (Å²) in [5.41, 5.74) is 1.16. The van der Waals surface area contributed by atoms with E-state index >= 15 is 0 Å². The van der Waals surface area contributed by atoms with Crippen LogP contribution in [-0.4, -0.2) is 5.16 Å². The normalized spacial score (nSPS) is 12.5. The summed E-state index contributed by atoms with van der Waals surface area (Å²) in [5, 5.41) is 4.05. The van der Waals surface area contributed by atoms with E-state index in [1.165, 1.54) is 0 Å². The van der Waals surface area contributed by atoms with Crippen LogP contribution in [-0.2, 0) is 5.41 Å². The van der Waals surface area contributed by atoms with Gasteiger partial charge in [0.2, 0.25) is 0 Å². The van der Waals surface area contributed by atoms with E-state index in [2.05, 4.69) is 45.8 Å². The van der Waals surface area contributed by atoms with Crippen LogP contribution < -0.4 is 0 Å². The van der Waals surface area contributed by atoms with Gasteiger partial charge in [0.1, 0.15) is 5.76 Å². The first-order valence-electron chi connectivity index (χ1n) is 4.94. The molecular formula is C11H19NO. The van der Waals surface area contributed by atoms with Gasteiger partial charge in [-0.1, -0.05) is 39.8 Å². The summed E-state index contributed by atoms with van der Waals surface area (Å²) in [4.78, 5) is 0. The number of rotatable bonds is 3. The molecule has 2 heteroatoms. The lowest BCUT2D eigenvalue weighted by Crippen LogP contribution is -2.14. The van der Waals surface area contributed by atoms with Gasteiger partial charge in [0.15, 0.2) is 0 Å². The number of aromatic nitrogens is 1. The average Bonchev–Trinajstić information content (AvgIpc) is 2.52. The van der Waals surface area contributed by atoms with Gasteiger partial charge in [-0.25, -0.2) is 0 Å². The molecule has 0 fully saturated rings. The van der Waals surface area contributed by atoms with Crippen molar-refractivity contribution < 1.29 is 4.52 Å². The maximum Gasteiger partial charge on any atom is 0.142 e. The Hall–Kier alpha value is -0.790. The molecule has 13 heavy (non-hydrogen) atoms. The molecule has 0 atom stereocenters. The first-order valence-corrected chi connectivity index (χ1v) is 4.94. The zero-order valence-corrected chi connectivity index (χ0v) is 9.22. The second kappa shape index (κ2) is 3.52. The van der Waals surface area contributed by atoms with Gasteiger partial charge in [0.05, 0.1) is 5.69 Å². The van der Waals surface area contributed by atoms with Crippen LogP contribution in [0.1, 0.15) is 58.4 Å². The molecule has 1 heterocycles. The molecule has 0 radical (unpaired) electrons. The van der Waals surface area contributed by atoms with Crippen molar-refractivity contribution in [2.24, 2.45) is 0 Å². The summed E-state index contributed by atoms with van der Waals surface area (Å²) in [6.45, 7) is 10.8. The second-order valence-electron chi connectivity index (χ2n) is 4.51. The number of hydrogen-bond acceptors (Lipinski definition) is 2. The van der Waals surface area contributed by atoms with Crippen LogP contribution in [0, 0.1) is 0 Å². The summed E-state index contributed by atoms with van der Waals surface area (Å²) < 4.78 is 5.33. The van der Waals surface area contributed by atoms with Crippen LogP contribution in [0.2, 0.25) is 0 Å². The van der Waals surface area contributed by atoms with Crippen molar-refractivity contribution in [3.63, 3.8) is 0 Å². The van der Waals surface area contributed by atoms with E-state index in [4.69, 9.17) is 4.52 Å². The van der Waals surface area contributed by atoms with Gasteiger partial charge in [-0.05, 0) is 12.3 Å². The highest BCUT2D eigenvalue weighted by Crippen LogP contribution is 2.28. The highest BCUT2D eigenvalue weighted by molar-refractivity contribution is 5.15. The Kier molecular flexibility index (Phi) is 2.79. The van der Waals surface area contributed by atoms with E-state index in [0.29, 0.717) is 5.92 Å². The summed E-state index contributed by atoms with van der Waals surface area (Å²) >= 11 is 0. The summed E-state index contributed by atoms with van der Waals surface area (Å²) in [5.74, 6) is 1.45. The monoisotopic (exact) mass is 181 g/mol. The Bertz CT molecular complexity index is 273. The number of hydrogen-bond donors (Lipinski definition) is 0. The molecule has 0 aliphatic heterocycles. The number of nitrogens with zero attached hydrogens (tertiary/aromatic N) is 1. The summed E-state index contributed by atoms with van der Waals surface area (Å²) in [7, 11) is 0. The smallest absolute Gasteiger partial charge is 0.142 e. The van der Waals surface area contributed by atoms with Crippen molar-refractivity contribution in [1.82, 2.24) is 5.16 Å². The van der Waals surface area contributed by atoms with E-state index in [1.807, 2.05) is 0 Å². The first kappa shape index (κ1) is 10.3. The largest absolute Gasteiger partial charge is 0.361 e. The van der Waals surface area contributed by atoms with Crippen LogP contribution in [0.3, 0.4) is 0 Å². The van der Waals surface area contributed by atoms with Crippen LogP contribution in [0.25, 0.3) is 0 Å². The highest BCUT2D eigenvalue weighted by atomic mass is 16.5. The highest BCUT2D eigenvalue weighted by Gasteiger charge is 2.23. The Morgan fingerprint density at radius 1 is 1.46 bits per heavy atom. The lowest BCUT2D eigenvalue weighted by Gasteiger charge is -2.17. The molecule has 0 bridgehead atoms. The first-order chi connectivity index (χ1) is 5.97. The maximum atomic E-state index is 5.33. The predicted octanol–water partition coefficient (Wildman–Crippen LogP) is 3.49. The minimum atomic E-state index is 0.111. The molecule has 0 saturated carbocycles. The van der Waals surface area contributed by atoms with Gasteiger partial charge in [-0.3, -0.25) is 0 Å². The molecule has 2 nitrogen and oxygen atoms in total. The molecule has 0 amide bonds. The molecule has 0 saturated heterocycles. The third kappa shape index (κ3) is 2.11. The molecule has 0 spiro atoms. The molecule has 0 aliphatic rings. The van der Waals surface area contributed by atoms with Crippen LogP contribution >= 0.6 is 0 Å². The van der Waals surface area contributed by atoms with E-state index in [9.17, 15) is 0 Å². The third-order valence-corrected chi connectivity index (χ3v) is 2.67. The fraction of sp³-hybridized carbons (Fsp3) is 0.727. The predicted molar refractivity (Wildman–Crippen MR) is 53.9 cm³/mol. The van der Waals surface area contributed by atoms with Crippen molar-refractivity contribution in [2.45, 2.75) is 52.4 Å². The van der Waals surface area contributed by atoms with E-state index in [0.717, 1.165) is 17.9 Å².